The third-order valence-corrected chi connectivity index (χ3v) is 12.4. The van der Waals surface area contributed by atoms with Gasteiger partial charge >= 0.3 is 13.8 Å². The van der Waals surface area contributed by atoms with Crippen molar-refractivity contribution >= 4 is 13.8 Å². The van der Waals surface area contributed by atoms with Gasteiger partial charge in [0.1, 0.15) is 19.3 Å². The summed E-state index contributed by atoms with van der Waals surface area (Å²) >= 11 is 0. The molecule has 0 aromatic rings. The minimum atomic E-state index is -4.29. The summed E-state index contributed by atoms with van der Waals surface area (Å²) in [6.45, 7) is 5.48. The van der Waals surface area contributed by atoms with Crippen molar-refractivity contribution in [3.05, 3.63) is 85.1 Å². The first kappa shape index (κ1) is 64.7. The van der Waals surface area contributed by atoms with Crippen LogP contribution >= 0.6 is 7.82 Å². The van der Waals surface area contributed by atoms with E-state index in [0.29, 0.717) is 24.1 Å². The normalized spacial score (nSPS) is 14.2. The van der Waals surface area contributed by atoms with Crippen molar-refractivity contribution < 1.29 is 37.3 Å². The molecule has 1 N–H and O–H groups in total. The first-order valence-electron chi connectivity index (χ1n) is 27.3. The molecule has 0 saturated heterocycles. The Morgan fingerprint density at radius 2 is 0.866 bits per heavy atom. The monoisotopic (exact) mass is 959 g/mol. The summed E-state index contributed by atoms with van der Waals surface area (Å²) in [5, 5.41) is 0. The molecule has 0 aliphatic carbocycles. The van der Waals surface area contributed by atoms with Crippen LogP contribution in [0.4, 0.5) is 0 Å². The highest BCUT2D eigenvalue weighted by molar-refractivity contribution is 7.47. The standard InChI is InChI=1S/C58H104NO7P/c1-6-8-10-12-14-16-18-20-22-24-26-28-29-30-31-32-33-35-37-39-41-43-45-47-49-51-58(60)66-57(56-65-67(61,62)64-54-52-59(3,4)5)55-63-53-50-48-46-44-42-40-38-36-34-27-25-23-21-19-17-15-13-11-9-7-2/h8,10,14-17,20-23,26,28,30-31,57H,6-7,9,11-13,18-19,24-25,27,29,32-56H2,1-5H3/p+1/b10-8-,16-14-,17-15-,22-20-,23-21-,28-26-,31-30-. The lowest BCUT2D eigenvalue weighted by Crippen LogP contribution is -2.37. The van der Waals surface area contributed by atoms with Crippen molar-refractivity contribution in [3.63, 3.8) is 0 Å². The van der Waals surface area contributed by atoms with Crippen molar-refractivity contribution in [1.82, 2.24) is 0 Å². The first-order valence-corrected chi connectivity index (χ1v) is 28.8. The number of hydrogen-bond acceptors (Lipinski definition) is 6. The second-order valence-electron chi connectivity index (χ2n) is 19.2. The number of quaternary nitrogens is 1. The molecule has 0 aliphatic heterocycles. The highest BCUT2D eigenvalue weighted by Crippen LogP contribution is 2.43. The van der Waals surface area contributed by atoms with Gasteiger partial charge in [-0.2, -0.15) is 0 Å². The van der Waals surface area contributed by atoms with Gasteiger partial charge in [-0.3, -0.25) is 13.8 Å². The maximum absolute atomic E-state index is 12.8. The third-order valence-electron chi connectivity index (χ3n) is 11.4. The maximum Gasteiger partial charge on any atom is 0.472 e. The minimum Gasteiger partial charge on any atom is -0.457 e. The molecule has 0 aliphatic rings. The molecule has 0 amide bonds. The van der Waals surface area contributed by atoms with E-state index in [1.54, 1.807) is 0 Å². The highest BCUT2D eigenvalue weighted by Gasteiger charge is 2.26. The van der Waals surface area contributed by atoms with E-state index in [0.717, 1.165) is 77.0 Å². The number of likely N-dealkylation sites (N-methyl/N-ethyl adjacent to an activating group) is 1. The van der Waals surface area contributed by atoms with E-state index in [2.05, 4.69) is 98.9 Å². The van der Waals surface area contributed by atoms with Crippen LogP contribution in [0, 0.1) is 0 Å². The summed E-state index contributed by atoms with van der Waals surface area (Å²) in [5.74, 6) is -0.322. The maximum atomic E-state index is 12.8. The number of ether oxygens (including phenoxy) is 2. The van der Waals surface area contributed by atoms with E-state index in [-0.39, 0.29) is 25.8 Å². The fourth-order valence-electron chi connectivity index (χ4n) is 7.26. The van der Waals surface area contributed by atoms with E-state index in [9.17, 15) is 14.3 Å². The molecule has 0 spiro atoms. The molecule has 0 fully saturated rings. The molecule has 0 heterocycles. The quantitative estimate of drug-likeness (QED) is 0.0213. The van der Waals surface area contributed by atoms with Crippen LogP contribution in [0.25, 0.3) is 0 Å². The van der Waals surface area contributed by atoms with Crippen LogP contribution in [0.5, 0.6) is 0 Å². The minimum absolute atomic E-state index is 0.0829. The summed E-state index contributed by atoms with van der Waals surface area (Å²) in [6, 6.07) is 0. The van der Waals surface area contributed by atoms with Crippen LogP contribution in [-0.4, -0.2) is 75.6 Å². The van der Waals surface area contributed by atoms with Crippen molar-refractivity contribution in [2.45, 2.75) is 225 Å². The van der Waals surface area contributed by atoms with Gasteiger partial charge in [0, 0.05) is 13.0 Å². The number of rotatable bonds is 50. The fourth-order valence-corrected chi connectivity index (χ4v) is 8.00. The number of unbranched alkanes of at least 4 members (excludes halogenated alkanes) is 22. The van der Waals surface area contributed by atoms with Crippen molar-refractivity contribution in [2.24, 2.45) is 0 Å². The predicted octanol–water partition coefficient (Wildman–Crippen LogP) is 17.2. The average molecular weight is 959 g/mol. The first-order chi connectivity index (χ1) is 32.6. The number of allylic oxidation sites excluding steroid dienone is 14. The molecular formula is C58H105NO7P+. The van der Waals surface area contributed by atoms with Crippen molar-refractivity contribution in [3.8, 4) is 0 Å². The molecule has 0 bridgehead atoms. The van der Waals surface area contributed by atoms with Gasteiger partial charge in [0.25, 0.3) is 0 Å². The molecule has 0 aromatic carbocycles. The average Bonchev–Trinajstić information content (AvgIpc) is 3.29. The number of esters is 1. The molecule has 2 atom stereocenters. The number of carbonyl (C=O) groups is 1. The Morgan fingerprint density at radius 1 is 0.478 bits per heavy atom. The zero-order chi connectivity index (χ0) is 49.0. The van der Waals surface area contributed by atoms with Crippen molar-refractivity contribution in [2.75, 3.05) is 54.1 Å². The predicted molar refractivity (Wildman–Crippen MR) is 288 cm³/mol. The summed E-state index contributed by atoms with van der Waals surface area (Å²) < 4.78 is 35.2. The van der Waals surface area contributed by atoms with Crippen LogP contribution in [0.1, 0.15) is 219 Å². The Balaban J connectivity index is 4.14. The molecule has 0 aromatic heterocycles. The Kier molecular flexibility index (Phi) is 48.3. The summed E-state index contributed by atoms with van der Waals surface area (Å²) in [4.78, 5) is 23.1. The van der Waals surface area contributed by atoms with Crippen molar-refractivity contribution in [1.29, 1.82) is 0 Å². The van der Waals surface area contributed by atoms with Crippen LogP contribution in [-0.2, 0) is 27.9 Å². The van der Waals surface area contributed by atoms with Gasteiger partial charge in [0.05, 0.1) is 34.4 Å². The van der Waals surface area contributed by atoms with Gasteiger partial charge in [-0.25, -0.2) is 4.57 Å². The molecule has 9 heteroatoms. The molecule has 0 saturated carbocycles. The molecule has 2 unspecified atom stereocenters. The molecule has 388 valence electrons. The Labute approximate surface area is 414 Å². The van der Waals surface area contributed by atoms with E-state index in [1.807, 2.05) is 21.1 Å². The number of carbonyl (C=O) groups excluding carboxylic acids is 1. The van der Waals surface area contributed by atoms with Gasteiger partial charge in [-0.15, -0.1) is 0 Å². The number of hydrogen-bond donors (Lipinski definition) is 1. The molecular weight excluding hydrogens is 854 g/mol. The number of phosphoric ester groups is 1. The molecule has 0 radical (unpaired) electrons. The van der Waals surface area contributed by atoms with Crippen LogP contribution in [0.3, 0.4) is 0 Å². The van der Waals surface area contributed by atoms with Gasteiger partial charge in [-0.05, 0) is 89.9 Å². The van der Waals surface area contributed by atoms with Gasteiger partial charge in [0.2, 0.25) is 0 Å². The lowest BCUT2D eigenvalue weighted by molar-refractivity contribution is -0.870. The summed E-state index contributed by atoms with van der Waals surface area (Å²) in [6.07, 6.45) is 67.7. The third kappa shape index (κ3) is 54.5. The molecule has 67 heavy (non-hydrogen) atoms. The molecule has 0 rings (SSSR count). The number of nitrogens with zero attached hydrogens (tertiary/aromatic N) is 1. The SMILES string of the molecule is CC/C=C\C/C=C\C/C=C\C/C=C\C/C=C\CCCCCCCCCCCC(=O)OC(COCCCCCCCCCCCC/C=C\C/C=C\CCCCC)COP(=O)(O)OCC[N+](C)(C)C. The fraction of sp³-hybridized carbons (Fsp3) is 0.741. The largest absolute Gasteiger partial charge is 0.472 e. The Morgan fingerprint density at radius 3 is 1.30 bits per heavy atom. The van der Waals surface area contributed by atoms with E-state index >= 15 is 0 Å². The topological polar surface area (TPSA) is 91.3 Å². The van der Waals surface area contributed by atoms with Crippen LogP contribution in [0.2, 0.25) is 0 Å². The zero-order valence-corrected chi connectivity index (χ0v) is 45.0. The van der Waals surface area contributed by atoms with Gasteiger partial charge < -0.3 is 18.9 Å². The van der Waals surface area contributed by atoms with E-state index in [4.69, 9.17) is 18.5 Å². The summed E-state index contributed by atoms with van der Waals surface area (Å²) in [7, 11) is 1.65. The lowest BCUT2D eigenvalue weighted by atomic mass is 10.1. The van der Waals surface area contributed by atoms with Crippen LogP contribution < -0.4 is 0 Å². The smallest absolute Gasteiger partial charge is 0.457 e. The Bertz CT molecular complexity index is 1340. The highest BCUT2D eigenvalue weighted by atomic mass is 31.2. The van der Waals surface area contributed by atoms with Gasteiger partial charge in [-0.1, -0.05) is 208 Å². The van der Waals surface area contributed by atoms with E-state index < -0.39 is 13.9 Å². The Hall–Kier alpha value is -2.32. The summed E-state index contributed by atoms with van der Waals surface area (Å²) in [5.41, 5.74) is 0. The second-order valence-corrected chi connectivity index (χ2v) is 20.7. The second kappa shape index (κ2) is 50.1. The van der Waals surface area contributed by atoms with E-state index in [1.165, 1.54) is 122 Å². The van der Waals surface area contributed by atoms with Gasteiger partial charge in [0.15, 0.2) is 0 Å². The lowest BCUT2D eigenvalue weighted by Gasteiger charge is -2.24. The number of phosphoric acid groups is 1. The van der Waals surface area contributed by atoms with Crippen LogP contribution in [0.15, 0.2) is 85.1 Å². The molecule has 8 nitrogen and oxygen atoms in total. The zero-order valence-electron chi connectivity index (χ0n) is 44.1.